The molecule has 1 aromatic carbocycles. The van der Waals surface area contributed by atoms with E-state index >= 15 is 0 Å². The summed E-state index contributed by atoms with van der Waals surface area (Å²) in [6.07, 6.45) is 1.07. The molecule has 0 radical (unpaired) electrons. The van der Waals surface area contributed by atoms with Gasteiger partial charge in [-0.15, -0.1) is 11.3 Å². The minimum absolute atomic E-state index is 0.640. The predicted molar refractivity (Wildman–Crippen MR) is 115 cm³/mol. The Bertz CT molecular complexity index is 1220. The molecule has 0 saturated heterocycles. The van der Waals surface area contributed by atoms with E-state index in [1.165, 1.54) is 0 Å². The Kier molecular flexibility index (Phi) is 3.84. The van der Waals surface area contributed by atoms with Crippen LogP contribution in [0.5, 0.6) is 0 Å². The van der Waals surface area contributed by atoms with E-state index in [4.69, 9.17) is 22.2 Å². The Labute approximate surface area is 168 Å². The molecule has 0 amide bonds. The summed E-state index contributed by atoms with van der Waals surface area (Å²) < 4.78 is 4.97. The minimum atomic E-state index is 0.640. The summed E-state index contributed by atoms with van der Waals surface area (Å²) in [6, 6.07) is 10.5. The normalized spacial score (nSPS) is 13.8. The first-order chi connectivity index (χ1) is 12.6. The van der Waals surface area contributed by atoms with E-state index in [-0.39, 0.29) is 0 Å². The fraction of sp³-hybridized carbons (Fsp3) is 0.211. The molecule has 26 heavy (non-hydrogen) atoms. The van der Waals surface area contributed by atoms with Gasteiger partial charge in [0.2, 0.25) is 4.77 Å². The zero-order valence-electron chi connectivity index (χ0n) is 14.0. The zero-order valence-corrected chi connectivity index (χ0v) is 17.3. The van der Waals surface area contributed by atoms with E-state index in [0.29, 0.717) is 4.77 Å². The molecule has 0 unspecified atom stereocenters. The van der Waals surface area contributed by atoms with Crippen LogP contribution < -0.4 is 5.32 Å². The maximum Gasteiger partial charge on any atom is 0.201 e. The molecule has 5 rings (SSSR count). The minimum Gasteiger partial charge on any atom is -0.370 e. The number of nitrogens with one attached hydrogen (secondary N) is 1. The van der Waals surface area contributed by atoms with Crippen molar-refractivity contribution in [2.24, 2.45) is 0 Å². The monoisotopic (exact) mass is 442 g/mol. The SMILES string of the molecule is Cc1cc(-c2ccc(Br)cc2)c2c(n1)sc1c3n(c(=S)nc12)CCCN3. The summed E-state index contributed by atoms with van der Waals surface area (Å²) in [6.45, 7) is 3.93. The molecule has 0 atom stereocenters. The fourth-order valence-electron chi connectivity index (χ4n) is 3.53. The molecule has 7 heteroatoms. The van der Waals surface area contributed by atoms with Crippen LogP contribution in [-0.2, 0) is 6.54 Å². The number of fused-ring (bicyclic) bond motifs is 5. The third kappa shape index (κ3) is 2.49. The van der Waals surface area contributed by atoms with Gasteiger partial charge in [0.05, 0.1) is 10.2 Å². The maximum atomic E-state index is 5.59. The molecule has 4 nitrogen and oxygen atoms in total. The van der Waals surface area contributed by atoms with Crippen LogP contribution >= 0.6 is 39.5 Å². The number of aryl methyl sites for hydroxylation is 1. The summed E-state index contributed by atoms with van der Waals surface area (Å²) in [7, 11) is 0. The van der Waals surface area contributed by atoms with Crippen molar-refractivity contribution in [1.82, 2.24) is 14.5 Å². The second kappa shape index (κ2) is 6.11. The van der Waals surface area contributed by atoms with Gasteiger partial charge in [-0.2, -0.15) is 0 Å². The summed E-state index contributed by atoms with van der Waals surface area (Å²) in [4.78, 5) is 10.6. The lowest BCUT2D eigenvalue weighted by molar-refractivity contribution is 0.613. The highest BCUT2D eigenvalue weighted by Gasteiger charge is 2.20. The second-order valence-electron chi connectivity index (χ2n) is 6.45. The largest absolute Gasteiger partial charge is 0.370 e. The van der Waals surface area contributed by atoms with Gasteiger partial charge in [0.15, 0.2) is 0 Å². The first kappa shape index (κ1) is 16.4. The van der Waals surface area contributed by atoms with Crippen LogP contribution in [0.4, 0.5) is 5.82 Å². The number of rotatable bonds is 1. The standard InChI is InChI=1S/C19H15BrN4S2/c1-10-9-13(11-3-5-12(20)6-4-11)14-15-16(26-18(14)22-10)17-21-7-2-8-24(17)19(25)23-15/h3-6,9,21H,2,7-8H2,1H3. The van der Waals surface area contributed by atoms with Gasteiger partial charge >= 0.3 is 0 Å². The predicted octanol–water partition coefficient (Wildman–Crippen LogP) is 5.93. The lowest BCUT2D eigenvalue weighted by Crippen LogP contribution is -2.19. The molecule has 3 aromatic heterocycles. The molecule has 0 aliphatic carbocycles. The smallest absolute Gasteiger partial charge is 0.201 e. The molecule has 130 valence electrons. The van der Waals surface area contributed by atoms with Crippen molar-refractivity contribution in [2.75, 3.05) is 11.9 Å². The Hall–Kier alpha value is -1.83. The topological polar surface area (TPSA) is 42.7 Å². The molecule has 0 spiro atoms. The third-order valence-corrected chi connectivity index (χ3v) is 6.61. The molecule has 4 heterocycles. The Morgan fingerprint density at radius 3 is 2.85 bits per heavy atom. The first-order valence-electron chi connectivity index (χ1n) is 8.46. The highest BCUT2D eigenvalue weighted by molar-refractivity contribution is 9.10. The second-order valence-corrected chi connectivity index (χ2v) is 8.73. The molecule has 4 aromatic rings. The van der Waals surface area contributed by atoms with Gasteiger partial charge in [-0.05, 0) is 54.9 Å². The molecule has 1 aliphatic rings. The summed E-state index contributed by atoms with van der Waals surface area (Å²) in [5.41, 5.74) is 4.29. The zero-order chi connectivity index (χ0) is 17.8. The average molecular weight is 443 g/mol. The summed E-state index contributed by atoms with van der Waals surface area (Å²) >= 11 is 10.8. The maximum absolute atomic E-state index is 5.59. The van der Waals surface area contributed by atoms with Gasteiger partial charge < -0.3 is 9.88 Å². The van der Waals surface area contributed by atoms with Gasteiger partial charge in [-0.3, -0.25) is 0 Å². The van der Waals surface area contributed by atoms with E-state index in [1.54, 1.807) is 11.3 Å². The van der Waals surface area contributed by atoms with Crippen molar-refractivity contribution in [2.45, 2.75) is 19.9 Å². The van der Waals surface area contributed by atoms with Crippen molar-refractivity contribution >= 4 is 65.7 Å². The lowest BCUT2D eigenvalue weighted by Gasteiger charge is -2.20. The number of thiophene rings is 1. The number of hydrogen-bond donors (Lipinski definition) is 1. The highest BCUT2D eigenvalue weighted by Crippen LogP contribution is 2.42. The van der Waals surface area contributed by atoms with Crippen LogP contribution in [0.15, 0.2) is 34.8 Å². The van der Waals surface area contributed by atoms with Crippen molar-refractivity contribution < 1.29 is 0 Å². The molecular weight excluding hydrogens is 428 g/mol. The Morgan fingerprint density at radius 1 is 1.23 bits per heavy atom. The van der Waals surface area contributed by atoms with Crippen LogP contribution in [0.25, 0.3) is 31.6 Å². The van der Waals surface area contributed by atoms with Crippen LogP contribution in [0.1, 0.15) is 12.1 Å². The van der Waals surface area contributed by atoms with E-state index in [9.17, 15) is 0 Å². The molecular formula is C19H15BrN4S2. The Balaban J connectivity index is 1.92. The number of hydrogen-bond acceptors (Lipinski definition) is 5. The third-order valence-electron chi connectivity index (χ3n) is 4.69. The van der Waals surface area contributed by atoms with Crippen molar-refractivity contribution in [1.29, 1.82) is 0 Å². The number of anilines is 1. The van der Waals surface area contributed by atoms with E-state index < -0.39 is 0 Å². The number of benzene rings is 1. The lowest BCUT2D eigenvalue weighted by atomic mass is 10.0. The van der Waals surface area contributed by atoms with Crippen LogP contribution in [0.2, 0.25) is 0 Å². The van der Waals surface area contributed by atoms with Gasteiger partial charge in [-0.1, -0.05) is 28.1 Å². The molecule has 0 fully saturated rings. The number of aromatic nitrogens is 3. The molecule has 0 bridgehead atoms. The fourth-order valence-corrected chi connectivity index (χ4v) is 5.28. The quantitative estimate of drug-likeness (QED) is 0.371. The molecule has 1 N–H and O–H groups in total. The molecule has 0 saturated carbocycles. The van der Waals surface area contributed by atoms with E-state index in [2.05, 4.69) is 56.1 Å². The van der Waals surface area contributed by atoms with Crippen molar-refractivity contribution in [3.05, 3.63) is 45.3 Å². The van der Waals surface area contributed by atoms with Gasteiger partial charge in [-0.25, -0.2) is 9.97 Å². The number of pyridine rings is 1. The van der Waals surface area contributed by atoms with E-state index in [0.717, 1.165) is 67.1 Å². The number of halogens is 1. The van der Waals surface area contributed by atoms with Gasteiger partial charge in [0.25, 0.3) is 0 Å². The van der Waals surface area contributed by atoms with E-state index in [1.807, 2.05) is 6.92 Å². The van der Waals surface area contributed by atoms with Crippen LogP contribution in [0, 0.1) is 11.7 Å². The van der Waals surface area contributed by atoms with Crippen molar-refractivity contribution in [3.8, 4) is 11.1 Å². The molecule has 1 aliphatic heterocycles. The average Bonchev–Trinajstić information content (AvgIpc) is 3.00. The van der Waals surface area contributed by atoms with Crippen LogP contribution in [-0.4, -0.2) is 21.1 Å². The van der Waals surface area contributed by atoms with Crippen molar-refractivity contribution in [3.63, 3.8) is 0 Å². The van der Waals surface area contributed by atoms with Gasteiger partial charge in [0, 0.05) is 28.6 Å². The van der Waals surface area contributed by atoms with Crippen LogP contribution in [0.3, 0.4) is 0 Å². The highest BCUT2D eigenvalue weighted by atomic mass is 79.9. The summed E-state index contributed by atoms with van der Waals surface area (Å²) in [5.74, 6) is 1.09. The summed E-state index contributed by atoms with van der Waals surface area (Å²) in [5, 5.41) is 4.62. The van der Waals surface area contributed by atoms with Gasteiger partial charge in [0.1, 0.15) is 10.6 Å². The first-order valence-corrected chi connectivity index (χ1v) is 10.5. The number of nitrogens with zero attached hydrogens (tertiary/aromatic N) is 3. The Morgan fingerprint density at radius 2 is 2.04 bits per heavy atom.